The highest BCUT2D eigenvalue weighted by Gasteiger charge is 2.18. The Balaban J connectivity index is 2.24. The Morgan fingerprint density at radius 3 is 2.33 bits per heavy atom. The molecule has 3 aromatic rings. The van der Waals surface area contributed by atoms with Gasteiger partial charge in [-0.05, 0) is 26.0 Å². The molecule has 0 aliphatic heterocycles. The van der Waals surface area contributed by atoms with Crippen molar-refractivity contribution in [3.05, 3.63) is 46.8 Å². The molecule has 0 unspecified atom stereocenters. The fourth-order valence-corrected chi connectivity index (χ4v) is 5.06. The largest absolute Gasteiger partial charge is 0.493 e. The molecule has 1 aromatic heterocycles. The molecule has 1 heterocycles. The molecule has 10 heteroatoms. The van der Waals surface area contributed by atoms with Gasteiger partial charge in [-0.25, -0.2) is 0 Å². The van der Waals surface area contributed by atoms with E-state index in [0.717, 1.165) is 16.9 Å². The minimum Gasteiger partial charge on any atom is -0.493 e. The molecule has 160 valence electrons. The molecule has 0 radical (unpaired) electrons. The number of rotatable bonds is 7. The van der Waals surface area contributed by atoms with Crippen molar-refractivity contribution in [3.8, 4) is 11.5 Å². The average Bonchev–Trinajstić information content (AvgIpc) is 3.02. The summed E-state index contributed by atoms with van der Waals surface area (Å²) in [7, 11) is -0.970. The maximum absolute atomic E-state index is 12.9. The number of esters is 1. The average molecular weight is 451 g/mol. The van der Waals surface area contributed by atoms with Crippen LogP contribution in [0.1, 0.15) is 12.5 Å². The van der Waals surface area contributed by atoms with Crippen LogP contribution < -0.4 is 14.3 Å². The number of carbonyl (C=O) groups is 1. The van der Waals surface area contributed by atoms with E-state index in [4.69, 9.17) is 14.2 Å². The number of carbonyl (C=O) groups excluding carboxylic acids is 1. The molecular weight excluding hydrogens is 428 g/mol. The van der Waals surface area contributed by atoms with Crippen LogP contribution in [0, 0.1) is 6.92 Å². The number of aromatic nitrogens is 1. The van der Waals surface area contributed by atoms with Crippen LogP contribution in [0.5, 0.6) is 11.5 Å². The minimum absolute atomic E-state index is 0.0726. The van der Waals surface area contributed by atoms with Gasteiger partial charge in [0.2, 0.25) is 4.80 Å². The van der Waals surface area contributed by atoms with E-state index < -0.39 is 16.0 Å². The molecule has 30 heavy (non-hydrogen) atoms. The molecule has 3 rings (SSSR count). The molecule has 0 saturated carbocycles. The third-order valence-corrected chi connectivity index (χ3v) is 6.74. The lowest BCUT2D eigenvalue weighted by atomic mass is 10.2. The molecule has 0 bridgehead atoms. The minimum atomic E-state index is -3.98. The quantitative estimate of drug-likeness (QED) is 0.514. The van der Waals surface area contributed by atoms with Crippen molar-refractivity contribution in [2.24, 2.45) is 4.40 Å². The van der Waals surface area contributed by atoms with Crippen LogP contribution in [0.25, 0.3) is 10.2 Å². The Morgan fingerprint density at radius 1 is 1.10 bits per heavy atom. The number of ether oxygens (including phenoxy) is 3. The summed E-state index contributed by atoms with van der Waals surface area (Å²) >= 11 is 1.13. The van der Waals surface area contributed by atoms with Crippen LogP contribution in [0.15, 0.2) is 45.7 Å². The monoisotopic (exact) mass is 450 g/mol. The van der Waals surface area contributed by atoms with E-state index in [1.807, 2.05) is 6.92 Å². The van der Waals surface area contributed by atoms with Crippen molar-refractivity contribution in [2.45, 2.75) is 25.3 Å². The van der Waals surface area contributed by atoms with Gasteiger partial charge >= 0.3 is 5.97 Å². The molecule has 0 N–H and O–H groups in total. The van der Waals surface area contributed by atoms with E-state index in [-0.39, 0.29) is 22.8 Å². The molecule has 0 amide bonds. The Kier molecular flexibility index (Phi) is 6.47. The van der Waals surface area contributed by atoms with Crippen molar-refractivity contribution in [1.82, 2.24) is 4.57 Å². The van der Waals surface area contributed by atoms with Crippen LogP contribution >= 0.6 is 11.3 Å². The Bertz CT molecular complexity index is 1240. The second kappa shape index (κ2) is 8.88. The summed E-state index contributed by atoms with van der Waals surface area (Å²) in [4.78, 5) is 12.4. The van der Waals surface area contributed by atoms with E-state index >= 15 is 0 Å². The van der Waals surface area contributed by atoms with Crippen molar-refractivity contribution >= 4 is 37.5 Å². The van der Waals surface area contributed by atoms with Crippen molar-refractivity contribution in [2.75, 3.05) is 20.8 Å². The van der Waals surface area contributed by atoms with E-state index in [1.54, 1.807) is 31.2 Å². The molecule has 0 spiro atoms. The number of nitrogens with zero attached hydrogens (tertiary/aromatic N) is 2. The van der Waals surface area contributed by atoms with Gasteiger partial charge in [0.25, 0.3) is 10.0 Å². The highest BCUT2D eigenvalue weighted by Crippen LogP contribution is 2.33. The van der Waals surface area contributed by atoms with Gasteiger partial charge in [-0.2, -0.15) is 8.42 Å². The number of hydrogen-bond acceptors (Lipinski definition) is 7. The van der Waals surface area contributed by atoms with Gasteiger partial charge in [0.1, 0.15) is 6.54 Å². The number of thiazole rings is 1. The zero-order valence-electron chi connectivity index (χ0n) is 17.0. The van der Waals surface area contributed by atoms with Crippen LogP contribution in [0.3, 0.4) is 0 Å². The number of aryl methyl sites for hydroxylation is 1. The normalized spacial score (nSPS) is 12.2. The van der Waals surface area contributed by atoms with Gasteiger partial charge in [0.05, 0.1) is 35.9 Å². The van der Waals surface area contributed by atoms with E-state index in [9.17, 15) is 13.2 Å². The van der Waals surface area contributed by atoms with Crippen molar-refractivity contribution < 1.29 is 27.4 Å². The topological polar surface area (TPSA) is 96.2 Å². The van der Waals surface area contributed by atoms with E-state index in [0.29, 0.717) is 21.7 Å². The Morgan fingerprint density at radius 2 is 1.73 bits per heavy atom. The lowest BCUT2D eigenvalue weighted by Crippen LogP contribution is -2.23. The second-order valence-corrected chi connectivity index (χ2v) is 8.94. The molecule has 0 saturated heterocycles. The number of benzene rings is 2. The maximum atomic E-state index is 12.9. The maximum Gasteiger partial charge on any atom is 0.326 e. The van der Waals surface area contributed by atoms with Gasteiger partial charge in [0.15, 0.2) is 11.5 Å². The number of hydrogen-bond donors (Lipinski definition) is 0. The lowest BCUT2D eigenvalue weighted by molar-refractivity contribution is -0.143. The first kappa shape index (κ1) is 21.8. The number of methoxy groups -OCH3 is 2. The highest BCUT2D eigenvalue weighted by atomic mass is 32.2. The van der Waals surface area contributed by atoms with Gasteiger partial charge in [-0.3, -0.25) is 4.79 Å². The van der Waals surface area contributed by atoms with Gasteiger partial charge < -0.3 is 18.8 Å². The summed E-state index contributed by atoms with van der Waals surface area (Å²) in [5, 5.41) is 0. The fraction of sp³-hybridized carbons (Fsp3) is 0.300. The van der Waals surface area contributed by atoms with Crippen LogP contribution in [-0.4, -0.2) is 39.8 Å². The zero-order chi connectivity index (χ0) is 21.9. The predicted molar refractivity (Wildman–Crippen MR) is 113 cm³/mol. The van der Waals surface area contributed by atoms with Gasteiger partial charge in [0, 0.05) is 12.1 Å². The first-order valence-electron chi connectivity index (χ1n) is 9.07. The first-order valence-corrected chi connectivity index (χ1v) is 11.3. The third-order valence-electron chi connectivity index (χ3n) is 4.30. The number of fused-ring (bicyclic) bond motifs is 1. The van der Waals surface area contributed by atoms with Gasteiger partial charge in [-0.15, -0.1) is 4.40 Å². The highest BCUT2D eigenvalue weighted by molar-refractivity contribution is 7.90. The third kappa shape index (κ3) is 4.49. The lowest BCUT2D eigenvalue weighted by Gasteiger charge is -2.09. The molecular formula is C20H22N2O6S2. The van der Waals surface area contributed by atoms with E-state index in [1.165, 1.54) is 30.9 Å². The predicted octanol–water partition coefficient (Wildman–Crippen LogP) is 2.88. The molecule has 0 atom stereocenters. The van der Waals surface area contributed by atoms with Crippen molar-refractivity contribution in [3.63, 3.8) is 0 Å². The smallest absolute Gasteiger partial charge is 0.326 e. The fourth-order valence-electron chi connectivity index (χ4n) is 2.82. The van der Waals surface area contributed by atoms with Crippen LogP contribution in [-0.2, 0) is 26.1 Å². The van der Waals surface area contributed by atoms with E-state index in [2.05, 4.69) is 4.40 Å². The summed E-state index contributed by atoms with van der Waals surface area (Å²) < 4.78 is 47.6. The molecule has 0 aliphatic rings. The summed E-state index contributed by atoms with van der Waals surface area (Å²) in [6.07, 6.45) is 0. The molecule has 2 aromatic carbocycles. The van der Waals surface area contributed by atoms with Crippen LogP contribution in [0.2, 0.25) is 0 Å². The van der Waals surface area contributed by atoms with Crippen LogP contribution in [0.4, 0.5) is 0 Å². The standard InChI is InChI=1S/C20H22N2O6S2/c1-5-28-19(23)12-22-15-10-16(26-3)17(27-4)11-18(15)29-20(22)21-30(24,25)14-8-6-13(2)7-9-14/h6-11H,5,12H2,1-4H3. The zero-order valence-corrected chi connectivity index (χ0v) is 18.7. The summed E-state index contributed by atoms with van der Waals surface area (Å²) in [6.45, 7) is 3.60. The summed E-state index contributed by atoms with van der Waals surface area (Å²) in [5.74, 6) is 0.442. The molecule has 0 fully saturated rings. The number of sulfonamides is 1. The Hall–Kier alpha value is -2.85. The van der Waals surface area contributed by atoms with Crippen molar-refractivity contribution in [1.29, 1.82) is 0 Å². The molecule has 0 aliphatic carbocycles. The summed E-state index contributed by atoms with van der Waals surface area (Å²) in [6, 6.07) is 9.82. The second-order valence-electron chi connectivity index (χ2n) is 6.33. The Labute approximate surface area is 178 Å². The SMILES string of the molecule is CCOC(=O)Cn1c(=NS(=O)(=O)c2ccc(C)cc2)sc2cc(OC)c(OC)cc21. The summed E-state index contributed by atoms with van der Waals surface area (Å²) in [5.41, 5.74) is 1.52. The first-order chi connectivity index (χ1) is 14.3. The van der Waals surface area contributed by atoms with Gasteiger partial charge in [-0.1, -0.05) is 29.0 Å². The molecule has 8 nitrogen and oxygen atoms in total.